The Morgan fingerprint density at radius 1 is 1.43 bits per heavy atom. The van der Waals surface area contributed by atoms with Gasteiger partial charge in [0.2, 0.25) is 5.76 Å². The Morgan fingerprint density at radius 2 is 2.22 bits per heavy atom. The summed E-state index contributed by atoms with van der Waals surface area (Å²) < 4.78 is 4.92. The Balaban J connectivity index is 0.00000170. The molecule has 0 bridgehead atoms. The molecular weight excluding hydrogens is 292 g/mol. The van der Waals surface area contributed by atoms with Crippen molar-refractivity contribution in [3.63, 3.8) is 0 Å². The second-order valence-corrected chi connectivity index (χ2v) is 4.29. The summed E-state index contributed by atoms with van der Waals surface area (Å²) in [6.45, 7) is 7.71. The van der Waals surface area contributed by atoms with Crippen LogP contribution in [-0.2, 0) is 0 Å². The van der Waals surface area contributed by atoms with Gasteiger partial charge >= 0.3 is 0 Å². The highest BCUT2D eigenvalue weighted by Crippen LogP contribution is 2.11. The monoisotopic (exact) mass is 316 g/mol. The van der Waals surface area contributed by atoms with Crippen LogP contribution in [-0.4, -0.2) is 28.1 Å². The van der Waals surface area contributed by atoms with Gasteiger partial charge in [0.05, 0.1) is 23.6 Å². The Kier molecular flexibility index (Phi) is 7.99. The van der Waals surface area contributed by atoms with Gasteiger partial charge in [0.1, 0.15) is 0 Å². The van der Waals surface area contributed by atoms with Crippen LogP contribution in [0.3, 0.4) is 0 Å². The van der Waals surface area contributed by atoms with Crippen LogP contribution in [0.5, 0.6) is 0 Å². The van der Waals surface area contributed by atoms with Gasteiger partial charge in [-0.1, -0.05) is 26.0 Å². The molecule has 1 amide bonds. The number of hydrogen-bond acceptors (Lipinski definition) is 5. The number of rotatable bonds is 5. The van der Waals surface area contributed by atoms with Gasteiger partial charge in [-0.3, -0.25) is 14.8 Å². The van der Waals surface area contributed by atoms with Crippen LogP contribution in [0.15, 0.2) is 52.5 Å². The Morgan fingerprint density at radius 3 is 2.78 bits per heavy atom. The van der Waals surface area contributed by atoms with E-state index in [9.17, 15) is 4.79 Å². The smallest absolute Gasteiger partial charge is 0.289 e. The van der Waals surface area contributed by atoms with Crippen molar-refractivity contribution in [2.45, 2.75) is 33.7 Å². The number of hydrogen-bond donors (Lipinski definition) is 1. The number of pyridine rings is 1. The highest BCUT2D eigenvalue weighted by atomic mass is 16.3. The zero-order chi connectivity index (χ0) is 17.1. The summed E-state index contributed by atoms with van der Waals surface area (Å²) >= 11 is 0. The quantitative estimate of drug-likeness (QED) is 0.855. The predicted octanol–water partition coefficient (Wildman–Crippen LogP) is 3.59. The normalized spacial score (nSPS) is 12.4. The number of allylic oxidation sites excluding steroid dienone is 1. The third-order valence-corrected chi connectivity index (χ3v) is 2.65. The maximum atomic E-state index is 11.8. The SMILES string of the molecule is C/C=C(\N=CC(C)NC(=O)c1cnco1)c1ccccn1.CC.[HH]. The second-order valence-electron chi connectivity index (χ2n) is 4.29. The van der Waals surface area contributed by atoms with Gasteiger partial charge in [0, 0.05) is 13.8 Å². The van der Waals surface area contributed by atoms with Gasteiger partial charge in [-0.2, -0.15) is 0 Å². The van der Waals surface area contributed by atoms with Crippen LogP contribution in [0.25, 0.3) is 5.70 Å². The standard InChI is InChI=1S/C15H16N4O2.C2H6.H2/c1-3-12(13-6-4-5-7-17-13)18-8-11(2)19-15(20)14-9-16-10-21-14;1-2;/h3-11H,1-2H3,(H,19,20);1-2H3;1H/b12-3-,18-8?;;. The number of amides is 1. The predicted molar refractivity (Wildman–Crippen MR) is 93.3 cm³/mol. The molecule has 6 heteroatoms. The molecule has 1 N–H and O–H groups in total. The van der Waals surface area contributed by atoms with E-state index in [1.165, 1.54) is 12.6 Å². The van der Waals surface area contributed by atoms with Crippen molar-refractivity contribution in [2.24, 2.45) is 4.99 Å². The zero-order valence-corrected chi connectivity index (χ0v) is 13.9. The molecule has 2 aromatic rings. The van der Waals surface area contributed by atoms with Crippen LogP contribution in [0.4, 0.5) is 0 Å². The molecule has 2 rings (SSSR count). The van der Waals surface area contributed by atoms with Crippen LogP contribution in [0.2, 0.25) is 0 Å². The first-order chi connectivity index (χ1) is 11.2. The van der Waals surface area contributed by atoms with E-state index in [1.807, 2.05) is 52.0 Å². The van der Waals surface area contributed by atoms with E-state index in [0.29, 0.717) is 0 Å². The lowest BCUT2D eigenvalue weighted by atomic mass is 10.2. The molecule has 0 aliphatic rings. The van der Waals surface area contributed by atoms with E-state index in [-0.39, 0.29) is 19.1 Å². The molecule has 0 saturated heterocycles. The molecule has 23 heavy (non-hydrogen) atoms. The fourth-order valence-corrected chi connectivity index (χ4v) is 1.64. The van der Waals surface area contributed by atoms with Crippen LogP contribution in [0, 0.1) is 0 Å². The summed E-state index contributed by atoms with van der Waals surface area (Å²) in [5.74, 6) is -0.155. The number of aliphatic imine (C=N–C) groups is 1. The maximum Gasteiger partial charge on any atom is 0.289 e. The summed E-state index contributed by atoms with van der Waals surface area (Å²) in [6.07, 6.45) is 7.81. The maximum absolute atomic E-state index is 11.8. The van der Waals surface area contributed by atoms with Crippen molar-refractivity contribution in [1.29, 1.82) is 0 Å². The molecule has 6 nitrogen and oxygen atoms in total. The van der Waals surface area contributed by atoms with Crippen molar-refractivity contribution in [3.8, 4) is 0 Å². The molecule has 124 valence electrons. The first kappa shape index (κ1) is 18.3. The summed E-state index contributed by atoms with van der Waals surface area (Å²) in [6, 6.07) is 5.38. The minimum atomic E-state index is -0.327. The van der Waals surface area contributed by atoms with Gasteiger partial charge in [-0.05, 0) is 26.0 Å². The molecule has 2 heterocycles. The highest BCUT2D eigenvalue weighted by molar-refractivity contribution is 5.93. The minimum absolute atomic E-state index is 0. The lowest BCUT2D eigenvalue weighted by Crippen LogP contribution is -2.33. The summed E-state index contributed by atoms with van der Waals surface area (Å²) in [4.78, 5) is 24.1. The third-order valence-electron chi connectivity index (χ3n) is 2.65. The van der Waals surface area contributed by atoms with Crippen molar-refractivity contribution in [1.82, 2.24) is 15.3 Å². The van der Waals surface area contributed by atoms with Gasteiger partial charge in [0.15, 0.2) is 6.39 Å². The number of carbonyl (C=O) groups is 1. The Labute approximate surface area is 137 Å². The lowest BCUT2D eigenvalue weighted by molar-refractivity contribution is 0.0922. The lowest BCUT2D eigenvalue weighted by Gasteiger charge is -2.07. The number of nitrogens with one attached hydrogen (secondary N) is 1. The molecule has 0 fully saturated rings. The number of aromatic nitrogens is 2. The molecule has 1 unspecified atom stereocenters. The summed E-state index contributed by atoms with van der Waals surface area (Å²) in [5, 5.41) is 2.74. The second kappa shape index (κ2) is 10.0. The van der Waals surface area contributed by atoms with E-state index in [0.717, 1.165) is 11.4 Å². The third kappa shape index (κ3) is 5.86. The Hall–Kier alpha value is -2.76. The fraction of sp³-hybridized carbons (Fsp3) is 0.294. The first-order valence-corrected chi connectivity index (χ1v) is 7.52. The molecule has 0 radical (unpaired) electrons. The molecule has 1 atom stereocenters. The van der Waals surface area contributed by atoms with Crippen molar-refractivity contribution < 1.29 is 10.6 Å². The topological polar surface area (TPSA) is 80.4 Å². The molecule has 0 aromatic carbocycles. The van der Waals surface area contributed by atoms with Gasteiger partial charge in [-0.25, -0.2) is 4.98 Å². The van der Waals surface area contributed by atoms with Crippen LogP contribution in [0.1, 0.15) is 45.4 Å². The molecular formula is C17H24N4O2. The molecule has 0 saturated carbocycles. The first-order valence-electron chi connectivity index (χ1n) is 7.52. The summed E-state index contributed by atoms with van der Waals surface area (Å²) in [7, 11) is 0. The van der Waals surface area contributed by atoms with E-state index < -0.39 is 0 Å². The minimum Gasteiger partial charge on any atom is -0.438 e. The molecule has 0 spiro atoms. The Bertz CT molecular complexity index is 640. The zero-order valence-electron chi connectivity index (χ0n) is 13.9. The van der Waals surface area contributed by atoms with Crippen LogP contribution < -0.4 is 5.32 Å². The van der Waals surface area contributed by atoms with E-state index >= 15 is 0 Å². The van der Waals surface area contributed by atoms with Crippen molar-refractivity contribution in [3.05, 3.63) is 54.5 Å². The molecule has 2 aromatic heterocycles. The average molecular weight is 316 g/mol. The van der Waals surface area contributed by atoms with Gasteiger partial charge in [-0.15, -0.1) is 0 Å². The highest BCUT2D eigenvalue weighted by Gasteiger charge is 2.11. The van der Waals surface area contributed by atoms with Crippen LogP contribution >= 0.6 is 0 Å². The van der Waals surface area contributed by atoms with Crippen molar-refractivity contribution in [2.75, 3.05) is 0 Å². The van der Waals surface area contributed by atoms with E-state index in [1.54, 1.807) is 12.4 Å². The summed E-state index contributed by atoms with van der Waals surface area (Å²) in [5.41, 5.74) is 1.53. The number of oxazole rings is 1. The fourth-order valence-electron chi connectivity index (χ4n) is 1.64. The number of nitrogens with zero attached hydrogens (tertiary/aromatic N) is 3. The molecule has 0 aliphatic heterocycles. The number of carbonyl (C=O) groups excluding carboxylic acids is 1. The van der Waals surface area contributed by atoms with E-state index in [4.69, 9.17) is 4.42 Å². The van der Waals surface area contributed by atoms with Gasteiger partial charge in [0.25, 0.3) is 5.91 Å². The van der Waals surface area contributed by atoms with E-state index in [2.05, 4.69) is 20.3 Å². The average Bonchev–Trinajstić information content (AvgIpc) is 3.13. The van der Waals surface area contributed by atoms with Crippen molar-refractivity contribution >= 4 is 17.8 Å². The van der Waals surface area contributed by atoms with Gasteiger partial charge < -0.3 is 9.73 Å². The largest absolute Gasteiger partial charge is 0.438 e. The molecule has 0 aliphatic carbocycles.